The molecule has 2 aromatic carbocycles. The highest BCUT2D eigenvalue weighted by molar-refractivity contribution is 9.09. The highest BCUT2D eigenvalue weighted by Gasteiger charge is 2.40. The van der Waals surface area contributed by atoms with Crippen LogP contribution >= 0.6 is 15.9 Å². The molecule has 42 heavy (non-hydrogen) atoms. The molecule has 1 saturated heterocycles. The van der Waals surface area contributed by atoms with Crippen molar-refractivity contribution in [2.24, 2.45) is 0 Å². The quantitative estimate of drug-likeness (QED) is 0.199. The van der Waals surface area contributed by atoms with Crippen molar-refractivity contribution in [3.63, 3.8) is 0 Å². The second-order valence-corrected chi connectivity index (χ2v) is 11.4. The lowest BCUT2D eigenvalue weighted by molar-refractivity contribution is 0.0794. The van der Waals surface area contributed by atoms with Gasteiger partial charge in [-0.15, -0.1) is 0 Å². The van der Waals surface area contributed by atoms with E-state index in [0.717, 1.165) is 61.9 Å². The largest absolute Gasteiger partial charge is 0.493 e. The summed E-state index contributed by atoms with van der Waals surface area (Å²) in [5, 5.41) is 4.34. The van der Waals surface area contributed by atoms with E-state index in [9.17, 15) is 9.59 Å². The van der Waals surface area contributed by atoms with Crippen molar-refractivity contribution < 1.29 is 23.8 Å². The smallest absolute Gasteiger partial charge is 0.414 e. The van der Waals surface area contributed by atoms with E-state index in [1.54, 1.807) is 29.0 Å². The molecular weight excluding hydrogens is 600 g/mol. The van der Waals surface area contributed by atoms with Crippen molar-refractivity contribution in [3.05, 3.63) is 66.4 Å². The van der Waals surface area contributed by atoms with Gasteiger partial charge in [-0.05, 0) is 55.0 Å². The zero-order valence-corrected chi connectivity index (χ0v) is 25.7. The zero-order valence-electron chi connectivity index (χ0n) is 24.1. The molecule has 0 spiro atoms. The summed E-state index contributed by atoms with van der Waals surface area (Å²) in [6, 6.07) is 11.7. The van der Waals surface area contributed by atoms with Gasteiger partial charge < -0.3 is 29.3 Å². The van der Waals surface area contributed by atoms with Gasteiger partial charge >= 0.3 is 6.09 Å². The van der Waals surface area contributed by atoms with E-state index in [-0.39, 0.29) is 25.1 Å². The number of halogens is 1. The fourth-order valence-electron chi connectivity index (χ4n) is 5.66. The average molecular weight is 640 g/mol. The van der Waals surface area contributed by atoms with Crippen LogP contribution in [-0.4, -0.2) is 81.3 Å². The number of fused-ring (bicyclic) bond motifs is 2. The topological polar surface area (TPSA) is 83.6 Å². The summed E-state index contributed by atoms with van der Waals surface area (Å²) in [7, 11) is 1.55. The van der Waals surface area contributed by atoms with Crippen LogP contribution < -0.4 is 24.6 Å². The molecule has 0 unspecified atom stereocenters. The number of hydrogen-bond acceptors (Lipinski definition) is 7. The Morgan fingerprint density at radius 2 is 1.90 bits per heavy atom. The molecule has 0 saturated carbocycles. The van der Waals surface area contributed by atoms with E-state index in [0.29, 0.717) is 35.8 Å². The third kappa shape index (κ3) is 6.60. The molecule has 3 aliphatic rings. The van der Waals surface area contributed by atoms with Crippen LogP contribution in [0.3, 0.4) is 0 Å². The molecular formula is C32H39BrN4O5. The van der Waals surface area contributed by atoms with Crippen molar-refractivity contribution in [3.8, 4) is 11.5 Å². The lowest BCUT2D eigenvalue weighted by atomic mass is 10.0. The number of methoxy groups -OCH3 is 1. The molecule has 2 aromatic rings. The Balaban J connectivity index is 1.43. The Hall–Kier alpha value is -3.50. The Kier molecular flexibility index (Phi) is 10.1. The lowest BCUT2D eigenvalue weighted by Crippen LogP contribution is -2.43. The molecule has 9 nitrogen and oxygen atoms in total. The van der Waals surface area contributed by atoms with Crippen molar-refractivity contribution in [2.75, 3.05) is 68.2 Å². The van der Waals surface area contributed by atoms with Gasteiger partial charge in [0.2, 0.25) is 0 Å². The predicted octanol–water partition coefficient (Wildman–Crippen LogP) is 5.45. The number of carbonyl (C=O) groups excluding carboxylic acids is 2. The maximum absolute atomic E-state index is 14.0. The van der Waals surface area contributed by atoms with E-state index in [1.807, 2.05) is 6.20 Å². The SMILES string of the molecule is C=CCOC(=O)N1C[C@@H]2CC(c3ccc(N4CCNCC4)cc3)=CN2C(=O)c2cc(OC)c(OCCCCCBr)cc21. The molecule has 0 aliphatic carbocycles. The number of carbonyl (C=O) groups is 2. The van der Waals surface area contributed by atoms with Crippen LogP contribution in [-0.2, 0) is 4.74 Å². The predicted molar refractivity (Wildman–Crippen MR) is 169 cm³/mol. The van der Waals surface area contributed by atoms with Gasteiger partial charge in [0.15, 0.2) is 11.5 Å². The second-order valence-electron chi connectivity index (χ2n) is 10.6. The van der Waals surface area contributed by atoms with Gasteiger partial charge in [0.1, 0.15) is 6.61 Å². The first-order chi connectivity index (χ1) is 20.5. The van der Waals surface area contributed by atoms with Crippen LogP contribution in [0.1, 0.15) is 41.6 Å². The fourth-order valence-corrected chi connectivity index (χ4v) is 6.05. The molecule has 10 heteroatoms. The number of unbranched alkanes of at least 4 members (excludes halogenated alkanes) is 2. The molecule has 1 fully saturated rings. The van der Waals surface area contributed by atoms with Crippen LogP contribution in [0.2, 0.25) is 0 Å². The van der Waals surface area contributed by atoms with Crippen molar-refractivity contribution in [1.29, 1.82) is 0 Å². The number of anilines is 2. The molecule has 2 amide bonds. The second kappa shape index (κ2) is 14.1. The third-order valence-electron chi connectivity index (χ3n) is 7.88. The van der Waals surface area contributed by atoms with Crippen LogP contribution in [0, 0.1) is 0 Å². The number of piperazine rings is 1. The van der Waals surface area contributed by atoms with Gasteiger partial charge in [0.25, 0.3) is 5.91 Å². The van der Waals surface area contributed by atoms with Gasteiger partial charge in [0, 0.05) is 49.5 Å². The van der Waals surface area contributed by atoms with Crippen molar-refractivity contribution in [2.45, 2.75) is 31.7 Å². The monoisotopic (exact) mass is 638 g/mol. The number of hydrogen-bond donors (Lipinski definition) is 1. The number of nitrogens with zero attached hydrogens (tertiary/aromatic N) is 3. The number of amides is 2. The average Bonchev–Trinajstić information content (AvgIpc) is 3.42. The number of benzene rings is 2. The number of nitrogens with one attached hydrogen (secondary N) is 1. The standard InChI is InChI=1S/C32H39BrN4O5/c1-3-16-42-32(39)37-22-26-18-24(23-7-9-25(10-8-23)35-14-12-34-13-15-35)21-36(26)31(38)27-19-29(40-2)30(20-28(27)37)41-17-6-4-5-11-33/h3,7-10,19-21,26,34H,1,4-6,11-18,22H2,2H3/t26-/m0/s1. The summed E-state index contributed by atoms with van der Waals surface area (Å²) in [4.78, 5) is 33.0. The molecule has 0 radical (unpaired) electrons. The van der Waals surface area contributed by atoms with Crippen LogP contribution in [0.5, 0.6) is 11.5 Å². The molecule has 224 valence electrons. The first kappa shape index (κ1) is 30.0. The van der Waals surface area contributed by atoms with Crippen molar-refractivity contribution >= 4 is 44.9 Å². The Morgan fingerprint density at radius 3 is 2.62 bits per heavy atom. The fraction of sp³-hybridized carbons (Fsp3) is 0.438. The summed E-state index contributed by atoms with van der Waals surface area (Å²) in [6.45, 7) is 8.45. The van der Waals surface area contributed by atoms with Crippen molar-refractivity contribution in [1.82, 2.24) is 10.2 Å². The first-order valence-electron chi connectivity index (χ1n) is 14.6. The third-order valence-corrected chi connectivity index (χ3v) is 8.44. The Bertz CT molecular complexity index is 1310. The van der Waals surface area contributed by atoms with Gasteiger partial charge in [-0.2, -0.15) is 0 Å². The number of rotatable bonds is 11. The van der Waals surface area contributed by atoms with E-state index in [4.69, 9.17) is 14.2 Å². The molecule has 3 heterocycles. The Labute approximate surface area is 256 Å². The lowest BCUT2D eigenvalue weighted by Gasteiger charge is -2.29. The summed E-state index contributed by atoms with van der Waals surface area (Å²) in [6.07, 6.45) is 6.52. The Morgan fingerprint density at radius 1 is 1.12 bits per heavy atom. The van der Waals surface area contributed by atoms with E-state index in [1.165, 1.54) is 11.8 Å². The minimum absolute atomic E-state index is 0.0724. The van der Waals surface area contributed by atoms with Gasteiger partial charge in [-0.3, -0.25) is 9.69 Å². The van der Waals surface area contributed by atoms with Crippen LogP contribution in [0.25, 0.3) is 5.57 Å². The highest BCUT2D eigenvalue weighted by Crippen LogP contribution is 2.41. The molecule has 5 rings (SSSR count). The van der Waals surface area contributed by atoms with E-state index in [2.05, 4.69) is 57.0 Å². The van der Waals surface area contributed by atoms with E-state index >= 15 is 0 Å². The van der Waals surface area contributed by atoms with Crippen LogP contribution in [0.15, 0.2) is 55.3 Å². The molecule has 0 bridgehead atoms. The number of ether oxygens (including phenoxy) is 3. The van der Waals surface area contributed by atoms with E-state index < -0.39 is 6.09 Å². The molecule has 3 aliphatic heterocycles. The van der Waals surface area contributed by atoms with Gasteiger partial charge in [0.05, 0.1) is 37.6 Å². The summed E-state index contributed by atoms with van der Waals surface area (Å²) in [5.41, 5.74) is 4.14. The highest BCUT2D eigenvalue weighted by atomic mass is 79.9. The minimum atomic E-state index is -0.534. The number of alkyl halides is 1. The minimum Gasteiger partial charge on any atom is -0.493 e. The maximum Gasteiger partial charge on any atom is 0.414 e. The summed E-state index contributed by atoms with van der Waals surface area (Å²) >= 11 is 3.46. The zero-order chi connectivity index (χ0) is 29.5. The summed E-state index contributed by atoms with van der Waals surface area (Å²) in [5.74, 6) is 0.753. The molecule has 0 aromatic heterocycles. The first-order valence-corrected chi connectivity index (χ1v) is 15.7. The summed E-state index contributed by atoms with van der Waals surface area (Å²) < 4.78 is 17.2. The molecule has 1 atom stereocenters. The normalized spacial score (nSPS) is 18.1. The van der Waals surface area contributed by atoms with Gasteiger partial charge in [-0.1, -0.05) is 40.7 Å². The van der Waals surface area contributed by atoms with Gasteiger partial charge in [-0.25, -0.2) is 4.79 Å². The molecule has 1 N–H and O–H groups in total. The maximum atomic E-state index is 14.0. The van der Waals surface area contributed by atoms with Crippen LogP contribution in [0.4, 0.5) is 16.2 Å².